The number of likely N-dealkylation sites (tertiary alicyclic amines) is 1. The Morgan fingerprint density at radius 1 is 1.29 bits per heavy atom. The second kappa shape index (κ2) is 7.64. The fourth-order valence-electron chi connectivity index (χ4n) is 4.52. The van der Waals surface area contributed by atoms with E-state index in [9.17, 15) is 9.90 Å². The van der Waals surface area contributed by atoms with Gasteiger partial charge in [-0.2, -0.15) is 0 Å². The van der Waals surface area contributed by atoms with Crippen molar-refractivity contribution >= 4 is 33.3 Å². The minimum absolute atomic E-state index is 0.00235. The molecule has 0 saturated carbocycles. The zero-order chi connectivity index (χ0) is 19.8. The number of benzene rings is 2. The summed E-state index contributed by atoms with van der Waals surface area (Å²) in [6.45, 7) is 0.731. The highest BCUT2D eigenvalue weighted by molar-refractivity contribution is 9.10. The van der Waals surface area contributed by atoms with E-state index in [4.69, 9.17) is 4.74 Å². The van der Waals surface area contributed by atoms with Crippen molar-refractivity contribution in [1.29, 1.82) is 0 Å². The molecule has 1 fully saturated rings. The van der Waals surface area contributed by atoms with Gasteiger partial charge >= 0.3 is 6.03 Å². The normalized spacial score (nSPS) is 23.2. The summed E-state index contributed by atoms with van der Waals surface area (Å²) in [5.74, 6) is 0.942. The number of rotatable bonds is 3. The Balaban J connectivity index is 1.64. The van der Waals surface area contributed by atoms with Gasteiger partial charge in [-0.15, -0.1) is 0 Å². The zero-order valence-corrected chi connectivity index (χ0v) is 17.5. The quantitative estimate of drug-likeness (QED) is 0.752. The molecule has 2 aromatic carbocycles. The lowest BCUT2D eigenvalue weighted by atomic mass is 9.82. The van der Waals surface area contributed by atoms with Crippen molar-refractivity contribution in [3.63, 3.8) is 0 Å². The highest BCUT2D eigenvalue weighted by Gasteiger charge is 2.47. The van der Waals surface area contributed by atoms with Gasteiger partial charge in [0.15, 0.2) is 0 Å². The fraction of sp³-hybridized carbons (Fsp3) is 0.381. The number of aliphatic hydroxyl groups excluding tert-OH is 1. The first-order valence-corrected chi connectivity index (χ1v) is 10.2. The number of nitrogens with one attached hydrogen (secondary N) is 1. The number of nitrogens with zero attached hydrogens (tertiary/aromatic N) is 2. The summed E-state index contributed by atoms with van der Waals surface area (Å²) >= 11 is 3.57. The van der Waals surface area contributed by atoms with E-state index in [1.807, 2.05) is 42.3 Å². The molecule has 2 aromatic rings. The third kappa shape index (κ3) is 3.22. The molecule has 148 valence electrons. The van der Waals surface area contributed by atoms with Crippen LogP contribution < -0.4 is 15.0 Å². The molecule has 2 heterocycles. The second-order valence-electron chi connectivity index (χ2n) is 7.31. The van der Waals surface area contributed by atoms with Crippen molar-refractivity contribution < 1.29 is 14.6 Å². The first-order valence-electron chi connectivity index (χ1n) is 9.38. The largest absolute Gasteiger partial charge is 0.497 e. The van der Waals surface area contributed by atoms with Gasteiger partial charge in [-0.3, -0.25) is 0 Å². The van der Waals surface area contributed by atoms with Crippen LogP contribution in [-0.2, 0) is 0 Å². The SMILES string of the molecule is COc1ccc(NC(=O)N2CC[C@@H]3[C@H]2c2cc(Br)ccc2N(C)[C@@H]3CO)cc1. The summed E-state index contributed by atoms with van der Waals surface area (Å²) in [6, 6.07) is 13.3. The molecule has 7 heteroatoms. The molecule has 0 unspecified atom stereocenters. The van der Waals surface area contributed by atoms with Crippen LogP contribution in [0.2, 0.25) is 0 Å². The summed E-state index contributed by atoms with van der Waals surface area (Å²) in [5, 5.41) is 13.0. The number of hydrogen-bond donors (Lipinski definition) is 2. The van der Waals surface area contributed by atoms with E-state index < -0.39 is 0 Å². The number of hydrogen-bond acceptors (Lipinski definition) is 4. The van der Waals surface area contributed by atoms with Gasteiger partial charge in [0.2, 0.25) is 0 Å². The molecule has 2 aliphatic heterocycles. The number of halogens is 1. The number of amides is 2. The summed E-state index contributed by atoms with van der Waals surface area (Å²) in [5.41, 5.74) is 2.91. The van der Waals surface area contributed by atoms with Crippen molar-refractivity contribution in [2.24, 2.45) is 5.92 Å². The molecule has 0 bridgehead atoms. The molecule has 6 nitrogen and oxygen atoms in total. The number of fused-ring (bicyclic) bond motifs is 3. The number of carbonyl (C=O) groups is 1. The minimum Gasteiger partial charge on any atom is -0.497 e. The molecule has 1 saturated heterocycles. The van der Waals surface area contributed by atoms with E-state index in [2.05, 4.69) is 38.3 Å². The Morgan fingerprint density at radius 2 is 2.04 bits per heavy atom. The van der Waals surface area contributed by atoms with E-state index in [1.54, 1.807) is 7.11 Å². The fourth-order valence-corrected chi connectivity index (χ4v) is 4.90. The van der Waals surface area contributed by atoms with Crippen LogP contribution in [0.3, 0.4) is 0 Å². The lowest BCUT2D eigenvalue weighted by Gasteiger charge is -2.44. The van der Waals surface area contributed by atoms with Crippen LogP contribution >= 0.6 is 15.9 Å². The predicted molar refractivity (Wildman–Crippen MR) is 113 cm³/mol. The molecule has 2 amide bonds. The molecule has 0 radical (unpaired) electrons. The molecule has 0 spiro atoms. The van der Waals surface area contributed by atoms with Gasteiger partial charge in [0, 0.05) is 35.4 Å². The van der Waals surface area contributed by atoms with Gasteiger partial charge in [0.1, 0.15) is 5.75 Å². The van der Waals surface area contributed by atoms with Gasteiger partial charge in [0.05, 0.1) is 25.8 Å². The second-order valence-corrected chi connectivity index (χ2v) is 8.23. The van der Waals surface area contributed by atoms with Crippen LogP contribution in [0.5, 0.6) is 5.75 Å². The summed E-state index contributed by atoms with van der Waals surface area (Å²) in [4.78, 5) is 17.1. The van der Waals surface area contributed by atoms with Crippen molar-refractivity contribution in [1.82, 2.24) is 4.90 Å². The first-order chi connectivity index (χ1) is 13.5. The van der Waals surface area contributed by atoms with Crippen LogP contribution in [0.25, 0.3) is 0 Å². The van der Waals surface area contributed by atoms with Gasteiger partial charge in [-0.1, -0.05) is 15.9 Å². The molecular formula is C21H24BrN3O3. The summed E-state index contributed by atoms with van der Waals surface area (Å²) in [6.07, 6.45) is 0.863. The van der Waals surface area contributed by atoms with Crippen molar-refractivity contribution in [2.45, 2.75) is 18.5 Å². The minimum atomic E-state index is -0.121. The standard InChI is InChI=1S/C21H24BrN3O3/c1-24-18-8-3-13(22)11-17(18)20-16(19(24)12-26)9-10-25(20)21(27)23-14-4-6-15(28-2)7-5-14/h3-8,11,16,19-20,26H,9-10,12H2,1-2H3,(H,23,27)/t16-,19+,20-/m0/s1. The Hall–Kier alpha value is -2.25. The third-order valence-corrected chi connectivity index (χ3v) is 6.41. The predicted octanol–water partition coefficient (Wildman–Crippen LogP) is 3.86. The maximum absolute atomic E-state index is 13.1. The van der Waals surface area contributed by atoms with Gasteiger partial charge in [-0.05, 0) is 54.4 Å². The molecular weight excluding hydrogens is 422 g/mol. The molecule has 2 N–H and O–H groups in total. The van der Waals surface area contributed by atoms with E-state index in [-0.39, 0.29) is 30.6 Å². The molecule has 3 atom stereocenters. The molecule has 4 rings (SSSR count). The van der Waals surface area contributed by atoms with Crippen LogP contribution in [0.4, 0.5) is 16.2 Å². The number of ether oxygens (including phenoxy) is 1. The third-order valence-electron chi connectivity index (χ3n) is 5.91. The summed E-state index contributed by atoms with van der Waals surface area (Å²) < 4.78 is 6.16. The Labute approximate surface area is 173 Å². The highest BCUT2D eigenvalue weighted by atomic mass is 79.9. The van der Waals surface area contributed by atoms with Crippen molar-refractivity contribution in [3.05, 3.63) is 52.5 Å². The van der Waals surface area contributed by atoms with Gasteiger partial charge in [-0.25, -0.2) is 4.79 Å². The smallest absolute Gasteiger partial charge is 0.322 e. The number of carbonyl (C=O) groups excluding carboxylic acids is 1. The monoisotopic (exact) mass is 445 g/mol. The number of urea groups is 1. The maximum atomic E-state index is 13.1. The topological polar surface area (TPSA) is 65.0 Å². The average molecular weight is 446 g/mol. The molecule has 0 aromatic heterocycles. The first kappa shape index (κ1) is 19.1. The number of methoxy groups -OCH3 is 1. The van der Waals surface area contributed by atoms with Gasteiger partial charge < -0.3 is 25.0 Å². The van der Waals surface area contributed by atoms with Crippen LogP contribution in [0.15, 0.2) is 46.9 Å². The number of anilines is 2. The Morgan fingerprint density at radius 3 is 2.71 bits per heavy atom. The van der Waals surface area contributed by atoms with Crippen LogP contribution in [-0.4, -0.2) is 49.4 Å². The highest BCUT2D eigenvalue weighted by Crippen LogP contribution is 2.49. The molecule has 2 aliphatic rings. The van der Waals surface area contributed by atoms with Crippen LogP contribution in [0.1, 0.15) is 18.0 Å². The Kier molecular flexibility index (Phi) is 5.21. The van der Waals surface area contributed by atoms with Gasteiger partial charge in [0.25, 0.3) is 0 Å². The Bertz CT molecular complexity index is 874. The maximum Gasteiger partial charge on any atom is 0.322 e. The molecule has 0 aliphatic carbocycles. The molecule has 28 heavy (non-hydrogen) atoms. The summed E-state index contributed by atoms with van der Waals surface area (Å²) in [7, 11) is 3.63. The van der Waals surface area contributed by atoms with E-state index in [1.165, 1.54) is 0 Å². The average Bonchev–Trinajstić information content (AvgIpc) is 3.14. The number of aliphatic hydroxyl groups is 1. The van der Waals surface area contributed by atoms with Crippen molar-refractivity contribution in [3.8, 4) is 5.75 Å². The van der Waals surface area contributed by atoms with E-state index in [0.29, 0.717) is 6.54 Å². The van der Waals surface area contributed by atoms with Crippen LogP contribution in [0, 0.1) is 5.92 Å². The lowest BCUT2D eigenvalue weighted by molar-refractivity contribution is 0.168. The van der Waals surface area contributed by atoms with E-state index >= 15 is 0 Å². The zero-order valence-electron chi connectivity index (χ0n) is 15.9. The van der Waals surface area contributed by atoms with Crippen molar-refractivity contribution in [2.75, 3.05) is 37.5 Å². The van der Waals surface area contributed by atoms with E-state index in [0.717, 1.165) is 33.6 Å². The lowest BCUT2D eigenvalue weighted by Crippen LogP contribution is -2.48. The number of likely N-dealkylation sites (N-methyl/N-ethyl adjacent to an activating group) is 1.